The van der Waals surface area contributed by atoms with Crippen LogP contribution in [0.1, 0.15) is 5.56 Å². The van der Waals surface area contributed by atoms with Gasteiger partial charge in [-0.2, -0.15) is 5.26 Å². The number of rotatable bonds is 5. The number of nitrogens with zero attached hydrogens (tertiary/aromatic N) is 1. The fourth-order valence-corrected chi connectivity index (χ4v) is 1.23. The number of nitrogens with one attached hydrogen (secondary N) is 1. The molecular weight excluding hydrogens is 220 g/mol. The fourth-order valence-electron chi connectivity index (χ4n) is 1.23. The average Bonchev–Trinajstić information content (AvgIpc) is 2.35. The Morgan fingerprint density at radius 1 is 1.65 bits per heavy atom. The SMILES string of the molecule is COc1cc(C#N)ccc1NCC(N)C(N)=O. The van der Waals surface area contributed by atoms with Crippen LogP contribution in [0.5, 0.6) is 5.75 Å². The molecule has 1 rings (SSSR count). The lowest BCUT2D eigenvalue weighted by Gasteiger charge is -2.13. The van der Waals surface area contributed by atoms with Gasteiger partial charge in [-0.3, -0.25) is 4.79 Å². The number of nitriles is 1. The van der Waals surface area contributed by atoms with E-state index in [0.717, 1.165) is 0 Å². The summed E-state index contributed by atoms with van der Waals surface area (Å²) in [5, 5.41) is 11.7. The van der Waals surface area contributed by atoms with Crippen molar-refractivity contribution < 1.29 is 9.53 Å². The molecule has 6 nitrogen and oxygen atoms in total. The Kier molecular flexibility index (Phi) is 4.31. The van der Waals surface area contributed by atoms with Crippen LogP contribution in [0.2, 0.25) is 0 Å². The zero-order chi connectivity index (χ0) is 12.8. The molecule has 0 aromatic heterocycles. The maximum Gasteiger partial charge on any atom is 0.236 e. The van der Waals surface area contributed by atoms with E-state index in [0.29, 0.717) is 17.0 Å². The highest BCUT2D eigenvalue weighted by molar-refractivity contribution is 5.80. The molecule has 17 heavy (non-hydrogen) atoms. The van der Waals surface area contributed by atoms with E-state index in [-0.39, 0.29) is 6.54 Å². The largest absolute Gasteiger partial charge is 0.495 e. The Labute approximate surface area is 99.2 Å². The topological polar surface area (TPSA) is 114 Å². The lowest BCUT2D eigenvalue weighted by atomic mass is 10.2. The molecule has 1 aromatic rings. The quantitative estimate of drug-likeness (QED) is 0.652. The fraction of sp³-hybridized carbons (Fsp3) is 0.273. The van der Waals surface area contributed by atoms with Gasteiger partial charge in [0.15, 0.2) is 0 Å². The normalized spacial score (nSPS) is 11.4. The highest BCUT2D eigenvalue weighted by atomic mass is 16.5. The van der Waals surface area contributed by atoms with Crippen molar-refractivity contribution in [1.82, 2.24) is 0 Å². The van der Waals surface area contributed by atoms with Gasteiger partial charge in [-0.15, -0.1) is 0 Å². The maximum atomic E-state index is 10.8. The van der Waals surface area contributed by atoms with Crippen LogP contribution in [0.15, 0.2) is 18.2 Å². The van der Waals surface area contributed by atoms with Crippen LogP contribution < -0.4 is 21.5 Å². The molecule has 90 valence electrons. The van der Waals surface area contributed by atoms with Crippen LogP contribution in [-0.4, -0.2) is 25.6 Å². The van der Waals surface area contributed by atoms with Gasteiger partial charge in [0.05, 0.1) is 24.4 Å². The highest BCUT2D eigenvalue weighted by Crippen LogP contribution is 2.24. The summed E-state index contributed by atoms with van der Waals surface area (Å²) in [7, 11) is 1.50. The molecule has 0 heterocycles. The van der Waals surface area contributed by atoms with Crippen molar-refractivity contribution in [3.8, 4) is 11.8 Å². The van der Waals surface area contributed by atoms with Crippen LogP contribution in [-0.2, 0) is 4.79 Å². The van der Waals surface area contributed by atoms with Gasteiger partial charge in [-0.25, -0.2) is 0 Å². The molecule has 1 aromatic carbocycles. The molecule has 0 bridgehead atoms. The van der Waals surface area contributed by atoms with E-state index in [1.807, 2.05) is 6.07 Å². The molecule has 5 N–H and O–H groups in total. The first-order chi connectivity index (χ1) is 8.08. The molecular formula is C11H14N4O2. The number of benzene rings is 1. The van der Waals surface area contributed by atoms with Crippen LogP contribution in [0.3, 0.4) is 0 Å². The second kappa shape index (κ2) is 5.72. The summed E-state index contributed by atoms with van der Waals surface area (Å²) < 4.78 is 5.11. The number of anilines is 1. The number of carbonyl (C=O) groups excluding carboxylic acids is 1. The average molecular weight is 234 g/mol. The summed E-state index contributed by atoms with van der Waals surface area (Å²) in [5.74, 6) is -0.0640. The maximum absolute atomic E-state index is 10.8. The van der Waals surface area contributed by atoms with Crippen molar-refractivity contribution in [2.45, 2.75) is 6.04 Å². The minimum absolute atomic E-state index is 0.206. The number of hydrogen-bond donors (Lipinski definition) is 3. The first-order valence-electron chi connectivity index (χ1n) is 4.95. The zero-order valence-electron chi connectivity index (χ0n) is 9.43. The molecule has 0 fully saturated rings. The lowest BCUT2D eigenvalue weighted by molar-refractivity contribution is -0.118. The minimum Gasteiger partial charge on any atom is -0.495 e. The van der Waals surface area contributed by atoms with Crippen molar-refractivity contribution in [2.24, 2.45) is 11.5 Å². The lowest BCUT2D eigenvalue weighted by Crippen LogP contribution is -2.41. The van der Waals surface area contributed by atoms with Crippen LogP contribution in [0, 0.1) is 11.3 Å². The summed E-state index contributed by atoms with van der Waals surface area (Å²) in [4.78, 5) is 10.8. The number of carbonyl (C=O) groups is 1. The Morgan fingerprint density at radius 3 is 2.88 bits per heavy atom. The molecule has 0 aliphatic carbocycles. The first kappa shape index (κ1) is 12.8. The number of hydrogen-bond acceptors (Lipinski definition) is 5. The Morgan fingerprint density at radius 2 is 2.35 bits per heavy atom. The highest BCUT2D eigenvalue weighted by Gasteiger charge is 2.10. The molecule has 0 aliphatic rings. The van der Waals surface area contributed by atoms with Gasteiger partial charge in [0.1, 0.15) is 11.8 Å². The van der Waals surface area contributed by atoms with E-state index in [1.165, 1.54) is 7.11 Å². The molecule has 1 amide bonds. The Bertz CT molecular complexity index is 453. The van der Waals surface area contributed by atoms with Gasteiger partial charge in [0.2, 0.25) is 5.91 Å². The van der Waals surface area contributed by atoms with Crippen molar-refractivity contribution in [3.05, 3.63) is 23.8 Å². The van der Waals surface area contributed by atoms with Gasteiger partial charge in [-0.1, -0.05) is 0 Å². The smallest absolute Gasteiger partial charge is 0.236 e. The molecule has 0 radical (unpaired) electrons. The van der Waals surface area contributed by atoms with E-state index in [9.17, 15) is 4.79 Å². The Balaban J connectivity index is 2.78. The standard InChI is InChI=1S/C11H14N4O2/c1-17-10-4-7(5-12)2-3-9(10)15-6-8(13)11(14)16/h2-4,8,15H,6,13H2,1H3,(H2,14,16). The minimum atomic E-state index is -0.768. The summed E-state index contributed by atoms with van der Waals surface area (Å²) in [6.07, 6.45) is 0. The third kappa shape index (κ3) is 3.36. The van der Waals surface area contributed by atoms with Crippen LogP contribution >= 0.6 is 0 Å². The molecule has 1 unspecified atom stereocenters. The van der Waals surface area contributed by atoms with Gasteiger partial charge in [-0.05, 0) is 12.1 Å². The molecule has 6 heteroatoms. The second-order valence-corrected chi connectivity index (χ2v) is 3.42. The van der Waals surface area contributed by atoms with Gasteiger partial charge in [0, 0.05) is 12.6 Å². The summed E-state index contributed by atoms with van der Waals surface area (Å²) in [6, 6.07) is 6.16. The van der Waals surface area contributed by atoms with Crippen molar-refractivity contribution in [3.63, 3.8) is 0 Å². The number of ether oxygens (including phenoxy) is 1. The second-order valence-electron chi connectivity index (χ2n) is 3.42. The predicted molar refractivity (Wildman–Crippen MR) is 63.4 cm³/mol. The first-order valence-corrected chi connectivity index (χ1v) is 4.95. The summed E-state index contributed by atoms with van der Waals surface area (Å²) in [6.45, 7) is 0.206. The van der Waals surface area contributed by atoms with E-state index in [2.05, 4.69) is 5.32 Å². The van der Waals surface area contributed by atoms with Crippen LogP contribution in [0.25, 0.3) is 0 Å². The monoisotopic (exact) mass is 234 g/mol. The zero-order valence-corrected chi connectivity index (χ0v) is 9.43. The Hall–Kier alpha value is -2.26. The van der Waals surface area contributed by atoms with E-state index < -0.39 is 11.9 Å². The van der Waals surface area contributed by atoms with Gasteiger partial charge >= 0.3 is 0 Å². The van der Waals surface area contributed by atoms with Crippen LogP contribution in [0.4, 0.5) is 5.69 Å². The predicted octanol–water partition coefficient (Wildman–Crippen LogP) is -0.209. The molecule has 0 spiro atoms. The number of amides is 1. The van der Waals surface area contributed by atoms with E-state index in [1.54, 1.807) is 18.2 Å². The third-order valence-corrected chi connectivity index (χ3v) is 2.21. The van der Waals surface area contributed by atoms with Crippen molar-refractivity contribution in [2.75, 3.05) is 19.0 Å². The third-order valence-electron chi connectivity index (χ3n) is 2.21. The van der Waals surface area contributed by atoms with Crippen molar-refractivity contribution in [1.29, 1.82) is 5.26 Å². The summed E-state index contributed by atoms with van der Waals surface area (Å²) in [5.41, 5.74) is 11.7. The van der Waals surface area contributed by atoms with E-state index in [4.69, 9.17) is 21.5 Å². The van der Waals surface area contributed by atoms with Crippen molar-refractivity contribution >= 4 is 11.6 Å². The van der Waals surface area contributed by atoms with E-state index >= 15 is 0 Å². The van der Waals surface area contributed by atoms with Gasteiger partial charge in [0.25, 0.3) is 0 Å². The molecule has 0 saturated carbocycles. The number of nitrogens with two attached hydrogens (primary N) is 2. The molecule has 1 atom stereocenters. The number of primary amides is 1. The van der Waals surface area contributed by atoms with Gasteiger partial charge < -0.3 is 21.5 Å². The molecule has 0 aliphatic heterocycles. The molecule has 0 saturated heterocycles. The summed E-state index contributed by atoms with van der Waals surface area (Å²) >= 11 is 0. The number of methoxy groups -OCH3 is 1.